The van der Waals surface area contributed by atoms with Gasteiger partial charge < -0.3 is 14.2 Å². The lowest BCUT2D eigenvalue weighted by Gasteiger charge is -2.22. The number of halogens is 2. The van der Waals surface area contributed by atoms with Crippen LogP contribution in [0.5, 0.6) is 5.75 Å². The number of carbonyl (C=O) groups is 2. The van der Waals surface area contributed by atoms with Crippen molar-refractivity contribution in [1.29, 1.82) is 0 Å². The lowest BCUT2D eigenvalue weighted by Crippen LogP contribution is -2.32. The molecule has 0 radical (unpaired) electrons. The van der Waals surface area contributed by atoms with Crippen LogP contribution in [0.3, 0.4) is 0 Å². The molecule has 0 saturated heterocycles. The van der Waals surface area contributed by atoms with Crippen molar-refractivity contribution in [3.63, 3.8) is 0 Å². The van der Waals surface area contributed by atoms with Gasteiger partial charge in [-0.05, 0) is 32.3 Å². The maximum absolute atomic E-state index is 14.2. The summed E-state index contributed by atoms with van der Waals surface area (Å²) in [6.07, 6.45) is 1.92. The minimum Gasteiger partial charge on any atom is -0.445 e. The van der Waals surface area contributed by atoms with E-state index in [-0.39, 0.29) is 17.6 Å². The summed E-state index contributed by atoms with van der Waals surface area (Å²) in [6.45, 7) is 0.691. The van der Waals surface area contributed by atoms with E-state index in [0.717, 1.165) is 0 Å². The van der Waals surface area contributed by atoms with Crippen molar-refractivity contribution in [2.45, 2.75) is 38.0 Å². The molecule has 148 valence electrons. The number of nitrogens with one attached hydrogen (secondary N) is 1. The molecule has 1 aliphatic carbocycles. The molecule has 1 amide bonds. The number of alkyl carbamates (subject to hydrolysis) is 1. The first-order valence-corrected chi connectivity index (χ1v) is 9.59. The Morgan fingerprint density at radius 1 is 1.26 bits per heavy atom. The van der Waals surface area contributed by atoms with Gasteiger partial charge in [0.1, 0.15) is 17.7 Å². The van der Waals surface area contributed by atoms with Crippen LogP contribution in [0.25, 0.3) is 0 Å². The van der Waals surface area contributed by atoms with Gasteiger partial charge in [-0.3, -0.25) is 4.79 Å². The van der Waals surface area contributed by atoms with Crippen LogP contribution in [0, 0.1) is 11.6 Å². The van der Waals surface area contributed by atoms with Crippen LogP contribution in [0.4, 0.5) is 13.6 Å². The predicted molar refractivity (Wildman–Crippen MR) is 91.6 cm³/mol. The van der Waals surface area contributed by atoms with Gasteiger partial charge in [-0.2, -0.15) is 8.42 Å². The van der Waals surface area contributed by atoms with Crippen LogP contribution >= 0.6 is 0 Å². The summed E-state index contributed by atoms with van der Waals surface area (Å²) >= 11 is 0. The first-order chi connectivity index (χ1) is 12.7. The third kappa shape index (κ3) is 5.03. The highest BCUT2D eigenvalue weighted by molar-refractivity contribution is 7.88. The Bertz CT molecular complexity index is 882. The van der Waals surface area contributed by atoms with E-state index in [2.05, 4.69) is 10.1 Å². The van der Waals surface area contributed by atoms with Gasteiger partial charge in [0.25, 0.3) is 0 Å². The normalized spacial score (nSPS) is 17.0. The molecule has 0 fully saturated rings. The van der Waals surface area contributed by atoms with Crippen LogP contribution in [-0.2, 0) is 26.3 Å². The van der Waals surface area contributed by atoms with E-state index >= 15 is 0 Å². The average molecular weight is 403 g/mol. The van der Waals surface area contributed by atoms with E-state index in [1.54, 1.807) is 0 Å². The summed E-state index contributed by atoms with van der Waals surface area (Å²) in [7, 11) is -3.10. The molecule has 1 aliphatic rings. The number of ketones is 1. The molecule has 10 heteroatoms. The van der Waals surface area contributed by atoms with Gasteiger partial charge in [0.2, 0.25) is 0 Å². The van der Waals surface area contributed by atoms with Crippen molar-refractivity contribution in [1.82, 2.24) is 5.32 Å². The number of amides is 1. The first kappa shape index (κ1) is 20.8. The summed E-state index contributed by atoms with van der Waals surface area (Å²) in [5.74, 6) is -3.39. The van der Waals surface area contributed by atoms with Gasteiger partial charge in [0.15, 0.2) is 17.3 Å². The fourth-order valence-corrected chi connectivity index (χ4v) is 4.18. The van der Waals surface area contributed by atoms with Crippen molar-refractivity contribution in [2.75, 3.05) is 7.05 Å². The third-order valence-corrected chi connectivity index (χ3v) is 5.60. The van der Waals surface area contributed by atoms with Crippen molar-refractivity contribution in [2.24, 2.45) is 0 Å². The first-order valence-electron chi connectivity index (χ1n) is 8.12. The van der Waals surface area contributed by atoms with Crippen molar-refractivity contribution in [3.05, 3.63) is 41.0 Å². The zero-order chi connectivity index (χ0) is 20.2. The van der Waals surface area contributed by atoms with E-state index in [4.69, 9.17) is 4.18 Å². The highest BCUT2D eigenvalue weighted by atomic mass is 32.2. The minimum atomic E-state index is -4.40. The number of allylic oxidation sites excluding steroid dienone is 1. The van der Waals surface area contributed by atoms with Crippen LogP contribution < -0.4 is 9.50 Å². The van der Waals surface area contributed by atoms with Crippen molar-refractivity contribution in [3.8, 4) is 5.75 Å². The Hall–Kier alpha value is -2.49. The molecule has 7 nitrogen and oxygen atoms in total. The van der Waals surface area contributed by atoms with E-state index in [9.17, 15) is 26.8 Å². The van der Waals surface area contributed by atoms with Crippen molar-refractivity contribution < 1.29 is 35.7 Å². The summed E-state index contributed by atoms with van der Waals surface area (Å²) in [5, 5.41) is 0.913. The lowest BCUT2D eigenvalue weighted by molar-refractivity contribution is -0.113. The number of benzene rings is 1. The standard InChI is InChI=1S/C17H19F2NO6S/c1-10(21)12-5-3-4-6-16(12)27(23,24)26-15-8-13(18)11(7-14(15)19)9-25-17(22)20-2/h5,7-8,16H,3-4,6,9H2,1-2H3,(H,20,22). The Kier molecular flexibility index (Phi) is 6.53. The molecule has 0 heterocycles. The van der Waals surface area contributed by atoms with Gasteiger partial charge in [-0.15, -0.1) is 0 Å². The topological polar surface area (TPSA) is 98.8 Å². The van der Waals surface area contributed by atoms with E-state index in [0.29, 0.717) is 25.0 Å². The summed E-state index contributed by atoms with van der Waals surface area (Å²) < 4.78 is 62.7. The average Bonchev–Trinajstić information content (AvgIpc) is 2.62. The van der Waals surface area contributed by atoms with Crippen LogP contribution in [0.15, 0.2) is 23.8 Å². The van der Waals surface area contributed by atoms with Gasteiger partial charge in [-0.1, -0.05) is 6.08 Å². The van der Waals surface area contributed by atoms with E-state index in [1.165, 1.54) is 20.0 Å². The second-order valence-corrected chi connectivity index (χ2v) is 7.63. The Labute approximate surface area is 155 Å². The Morgan fingerprint density at radius 3 is 2.59 bits per heavy atom. The smallest absolute Gasteiger partial charge is 0.407 e. The third-order valence-electron chi connectivity index (χ3n) is 4.01. The molecule has 0 aromatic heterocycles. The number of hydrogen-bond donors (Lipinski definition) is 1. The number of carbonyl (C=O) groups excluding carboxylic acids is 2. The maximum atomic E-state index is 14.2. The van der Waals surface area contributed by atoms with Crippen LogP contribution in [0.1, 0.15) is 31.7 Å². The number of rotatable bonds is 6. The second-order valence-electron chi connectivity index (χ2n) is 5.91. The molecule has 0 aliphatic heterocycles. The summed E-state index contributed by atoms with van der Waals surface area (Å²) in [5.41, 5.74) is -0.208. The largest absolute Gasteiger partial charge is 0.445 e. The SMILES string of the molecule is CNC(=O)OCc1cc(F)c(OS(=O)(=O)C2CCCC=C2C(C)=O)cc1F. The quantitative estimate of drug-likeness (QED) is 0.733. The number of Topliss-reactive ketones (excluding diaryl/α,β-unsaturated/α-hetero) is 1. The van der Waals surface area contributed by atoms with Gasteiger partial charge >= 0.3 is 16.2 Å². The molecule has 1 N–H and O–H groups in total. The molecule has 1 unspecified atom stereocenters. The molecule has 0 saturated carbocycles. The van der Waals surface area contributed by atoms with Crippen LogP contribution in [-0.4, -0.2) is 32.6 Å². The minimum absolute atomic E-state index is 0.0812. The molecule has 1 atom stereocenters. The second kappa shape index (κ2) is 8.47. The Balaban J connectivity index is 2.24. The lowest BCUT2D eigenvalue weighted by atomic mass is 9.96. The van der Waals surface area contributed by atoms with Gasteiger partial charge in [-0.25, -0.2) is 13.6 Å². The van der Waals surface area contributed by atoms with Crippen LogP contribution in [0.2, 0.25) is 0 Å². The number of hydrogen-bond acceptors (Lipinski definition) is 6. The molecule has 2 rings (SSSR count). The molecular formula is C17H19F2NO6S. The van der Waals surface area contributed by atoms with E-state index < -0.39 is 51.2 Å². The predicted octanol–water partition coefficient (Wildman–Crippen LogP) is 2.60. The molecule has 1 aromatic carbocycles. The summed E-state index contributed by atoms with van der Waals surface area (Å²) in [4.78, 5) is 22.7. The zero-order valence-electron chi connectivity index (χ0n) is 14.8. The molecule has 27 heavy (non-hydrogen) atoms. The maximum Gasteiger partial charge on any atom is 0.407 e. The van der Waals surface area contributed by atoms with E-state index in [1.807, 2.05) is 0 Å². The van der Waals surface area contributed by atoms with Crippen molar-refractivity contribution >= 4 is 22.0 Å². The van der Waals surface area contributed by atoms with Gasteiger partial charge in [0.05, 0.1) is 0 Å². The number of ether oxygens (including phenoxy) is 1. The monoisotopic (exact) mass is 403 g/mol. The molecule has 1 aromatic rings. The summed E-state index contributed by atoms with van der Waals surface area (Å²) in [6, 6.07) is 1.25. The highest BCUT2D eigenvalue weighted by Crippen LogP contribution is 2.30. The fraction of sp³-hybridized carbons (Fsp3) is 0.412. The molecule has 0 spiro atoms. The highest BCUT2D eigenvalue weighted by Gasteiger charge is 2.35. The zero-order valence-corrected chi connectivity index (χ0v) is 15.6. The molecular weight excluding hydrogens is 384 g/mol. The van der Waals surface area contributed by atoms with Gasteiger partial charge in [0, 0.05) is 24.3 Å². The fourth-order valence-electron chi connectivity index (χ4n) is 2.66. The molecule has 0 bridgehead atoms. The Morgan fingerprint density at radius 2 is 1.96 bits per heavy atom.